The minimum Gasteiger partial charge on any atom is -0.543 e. The molecule has 1 fully saturated rings. The number of hydrogen-bond acceptors (Lipinski definition) is 16. The van der Waals surface area contributed by atoms with E-state index in [9.17, 15) is 39.6 Å². The van der Waals surface area contributed by atoms with Gasteiger partial charge in [-0.2, -0.15) is 0 Å². The molecule has 17 nitrogen and oxygen atoms in total. The van der Waals surface area contributed by atoms with Crippen molar-refractivity contribution in [3.05, 3.63) is 58.4 Å². The lowest BCUT2D eigenvalue weighted by molar-refractivity contribution is -0.713. The number of rotatable bonds is 11. The fourth-order valence-electron chi connectivity index (χ4n) is 4.42. The molecule has 2 aliphatic rings. The van der Waals surface area contributed by atoms with E-state index in [1.165, 1.54) is 35.0 Å². The number of carbonyl (C=O) groups is 4. The molecule has 0 aliphatic carbocycles. The van der Waals surface area contributed by atoms with Crippen molar-refractivity contribution in [3.63, 3.8) is 0 Å². The Morgan fingerprint density at radius 2 is 2.02 bits per heavy atom. The largest absolute Gasteiger partial charge is 0.543 e. The van der Waals surface area contributed by atoms with Gasteiger partial charge < -0.3 is 46.8 Å². The molecule has 20 heteroatoms. The fraction of sp³-hybridized carbons (Fsp3) is 0.231. The highest BCUT2D eigenvalue weighted by atomic mass is 32.2. The van der Waals surface area contributed by atoms with Crippen molar-refractivity contribution in [2.75, 3.05) is 23.0 Å². The Hall–Kier alpha value is -5.08. The van der Waals surface area contributed by atoms with Gasteiger partial charge in [-0.05, 0) is 34.5 Å². The molecule has 46 heavy (non-hydrogen) atoms. The van der Waals surface area contributed by atoms with Crippen molar-refractivity contribution in [1.82, 2.24) is 20.2 Å². The maximum atomic E-state index is 13.4. The Bertz CT molecular complexity index is 1810. The van der Waals surface area contributed by atoms with Crippen molar-refractivity contribution < 1.29 is 49.0 Å². The predicted molar refractivity (Wildman–Crippen MR) is 162 cm³/mol. The van der Waals surface area contributed by atoms with Crippen LogP contribution < -0.4 is 26.5 Å². The Balaban J connectivity index is 1.35. The summed E-state index contributed by atoms with van der Waals surface area (Å²) in [5.74, 6) is -5.24. The van der Waals surface area contributed by atoms with E-state index in [2.05, 4.69) is 20.4 Å². The number of aromatic nitrogens is 3. The van der Waals surface area contributed by atoms with E-state index < -0.39 is 58.5 Å². The van der Waals surface area contributed by atoms with Gasteiger partial charge in [0.05, 0.1) is 24.9 Å². The number of aryl methyl sites for hydroxylation is 1. The fourth-order valence-corrected chi connectivity index (χ4v) is 7.41. The molecule has 0 unspecified atom stereocenters. The van der Waals surface area contributed by atoms with E-state index >= 15 is 0 Å². The third-order valence-corrected chi connectivity index (χ3v) is 9.80. The first kappa shape index (κ1) is 32.3. The van der Waals surface area contributed by atoms with Gasteiger partial charge in [-0.25, -0.2) is 14.3 Å². The quantitative estimate of drug-likeness (QED) is 0.0259. The van der Waals surface area contributed by atoms with Gasteiger partial charge in [0.15, 0.2) is 22.3 Å². The number of hydrogen-bond donors (Lipinski definition) is 6. The lowest BCUT2D eigenvalue weighted by atomic mass is 10.0. The van der Waals surface area contributed by atoms with Crippen LogP contribution in [-0.4, -0.2) is 82.6 Å². The summed E-state index contributed by atoms with van der Waals surface area (Å²) in [7, 11) is 1.75. The second kappa shape index (κ2) is 13.1. The Labute approximate surface area is 271 Å². The zero-order valence-corrected chi connectivity index (χ0v) is 26.0. The smallest absolute Gasteiger partial charge is 0.361 e. The highest BCUT2D eigenvalue weighted by molar-refractivity contribution is 8.01. The molecule has 240 valence electrons. The standard InChI is InChI=1S/C26H24N8O9S3/c1-33-5-4-15(27)30-26(33)46-8-11-7-44-22-17(21(38)34(22)18(11)23(39)40)31-20(37)16(12-9-45-25(28)29-12)32-43-19(24(41)42)10-2-3-13(35)14(36)6-10/h2-6,9,17,19,22,27H,7-8H2,1H3,(H7,28,29,31,32,35,36,37,39,40,41,42)/t17-,19-,22-/m1/s1. The highest BCUT2D eigenvalue weighted by Crippen LogP contribution is 2.41. The van der Waals surface area contributed by atoms with Crippen LogP contribution in [0.1, 0.15) is 17.4 Å². The normalized spacial score (nSPS) is 18.4. The summed E-state index contributed by atoms with van der Waals surface area (Å²) in [5, 5.41) is 48.6. The molecular formula is C26H24N8O9S3. The zero-order valence-electron chi connectivity index (χ0n) is 23.5. The number of benzene rings is 1. The van der Waals surface area contributed by atoms with Crippen LogP contribution in [0.5, 0.6) is 11.5 Å². The highest BCUT2D eigenvalue weighted by Gasteiger charge is 2.53. The molecule has 3 atom stereocenters. The number of phenols is 2. The molecule has 3 aromatic rings. The summed E-state index contributed by atoms with van der Waals surface area (Å²) in [4.78, 5) is 65.2. The Kier molecular flexibility index (Phi) is 9.21. The molecule has 2 aromatic heterocycles. The number of carboxylic acid groups (broad SMARTS) is 2. The van der Waals surface area contributed by atoms with Crippen LogP contribution in [0.3, 0.4) is 0 Å². The van der Waals surface area contributed by atoms with E-state index in [0.717, 1.165) is 28.4 Å². The van der Waals surface area contributed by atoms with Crippen molar-refractivity contribution in [2.45, 2.75) is 22.7 Å². The number of aromatic hydroxyl groups is 2. The summed E-state index contributed by atoms with van der Waals surface area (Å²) in [6.45, 7) is 0. The molecular weight excluding hydrogens is 665 g/mol. The number of thioether (sulfide) groups is 2. The molecule has 2 amide bonds. The molecule has 0 radical (unpaired) electrons. The number of nitrogens with one attached hydrogen (secondary N) is 1. The summed E-state index contributed by atoms with van der Waals surface area (Å²) >= 11 is 3.41. The number of carboxylic acids is 2. The SMILES string of the molecule is C[n+]1ccc(N)nc1SCC1=C(C(=O)[O-])N2C(=O)[C@@H](NC(=O)/C(=N\O[C@@H](C(=O)O)c3ccc(O)c(O)c3)c3csc(N)n3)[C@H]2SC1. The maximum Gasteiger partial charge on any atom is 0.361 e. The van der Waals surface area contributed by atoms with E-state index in [-0.39, 0.29) is 39.4 Å². The molecule has 0 saturated carbocycles. The number of thiazole rings is 1. The number of carbonyl (C=O) groups excluding carboxylic acids is 3. The third kappa shape index (κ3) is 6.48. The minimum absolute atomic E-state index is 0.0543. The second-order valence-corrected chi connectivity index (χ2v) is 12.7. The molecule has 0 spiro atoms. The van der Waals surface area contributed by atoms with E-state index in [1.807, 2.05) is 0 Å². The number of nitrogen functional groups attached to an aromatic ring is 2. The molecule has 8 N–H and O–H groups in total. The van der Waals surface area contributed by atoms with Crippen LogP contribution in [0, 0.1) is 0 Å². The minimum atomic E-state index is -1.82. The number of phenolic OH excluding ortho intramolecular Hbond substituents is 2. The number of β-lactam (4-membered cyclic amide) rings is 1. The Morgan fingerprint density at radius 3 is 2.67 bits per heavy atom. The predicted octanol–water partition coefficient (Wildman–Crippen LogP) is -1.32. The summed E-state index contributed by atoms with van der Waals surface area (Å²) in [5.41, 5.74) is 10.9. The second-order valence-electron chi connectivity index (χ2n) is 9.72. The molecule has 1 aromatic carbocycles. The number of aliphatic carboxylic acids is 2. The van der Waals surface area contributed by atoms with Gasteiger partial charge in [-0.15, -0.1) is 23.1 Å². The first-order valence-electron chi connectivity index (χ1n) is 13.0. The Morgan fingerprint density at radius 1 is 1.26 bits per heavy atom. The van der Waals surface area contributed by atoms with Crippen molar-refractivity contribution >= 4 is 75.3 Å². The topological polar surface area (TPSA) is 271 Å². The number of nitrogens with zero attached hydrogens (tertiary/aromatic N) is 5. The summed E-state index contributed by atoms with van der Waals surface area (Å²) in [6.07, 6.45) is -0.115. The van der Waals surface area contributed by atoms with Gasteiger partial charge in [0, 0.05) is 28.5 Å². The number of fused-ring (bicyclic) bond motifs is 1. The van der Waals surface area contributed by atoms with E-state index in [4.69, 9.17) is 16.3 Å². The third-order valence-electron chi connectivity index (χ3n) is 6.65. The molecule has 1 saturated heterocycles. The van der Waals surface area contributed by atoms with Crippen molar-refractivity contribution in [2.24, 2.45) is 12.2 Å². The van der Waals surface area contributed by atoms with Gasteiger partial charge in [-0.3, -0.25) is 14.5 Å². The van der Waals surface area contributed by atoms with E-state index in [0.29, 0.717) is 10.7 Å². The van der Waals surface area contributed by atoms with Crippen LogP contribution >= 0.6 is 34.9 Å². The number of oxime groups is 1. The summed E-state index contributed by atoms with van der Waals surface area (Å²) in [6, 6.07) is 3.60. The van der Waals surface area contributed by atoms with Gasteiger partial charge in [0.25, 0.3) is 11.8 Å². The average molecular weight is 689 g/mol. The number of anilines is 2. The van der Waals surface area contributed by atoms with Gasteiger partial charge in [-0.1, -0.05) is 11.2 Å². The van der Waals surface area contributed by atoms with Crippen molar-refractivity contribution in [1.29, 1.82) is 0 Å². The number of amides is 2. The molecule has 0 bridgehead atoms. The average Bonchev–Trinajstić information content (AvgIpc) is 3.44. The first-order valence-corrected chi connectivity index (χ1v) is 15.9. The van der Waals surface area contributed by atoms with Crippen LogP contribution in [0.4, 0.5) is 10.9 Å². The molecule has 4 heterocycles. The van der Waals surface area contributed by atoms with Crippen LogP contribution in [0.15, 0.2) is 57.4 Å². The lowest BCUT2D eigenvalue weighted by Gasteiger charge is -2.50. The first-order chi connectivity index (χ1) is 21.8. The lowest BCUT2D eigenvalue weighted by Crippen LogP contribution is -2.71. The number of nitrogens with two attached hydrogens (primary N) is 2. The molecule has 5 rings (SSSR count). The summed E-state index contributed by atoms with van der Waals surface area (Å²) < 4.78 is 1.71. The van der Waals surface area contributed by atoms with Gasteiger partial charge in [0.1, 0.15) is 17.1 Å². The van der Waals surface area contributed by atoms with Gasteiger partial charge in [0.2, 0.25) is 11.9 Å². The van der Waals surface area contributed by atoms with Crippen LogP contribution in [0.2, 0.25) is 0 Å². The van der Waals surface area contributed by atoms with Gasteiger partial charge >= 0.3 is 11.1 Å². The van der Waals surface area contributed by atoms with Crippen LogP contribution in [0.25, 0.3) is 0 Å². The molecule has 2 aliphatic heterocycles. The van der Waals surface area contributed by atoms with Crippen LogP contribution in [-0.2, 0) is 31.1 Å². The van der Waals surface area contributed by atoms with Crippen molar-refractivity contribution in [3.8, 4) is 11.5 Å². The maximum absolute atomic E-state index is 13.4. The van der Waals surface area contributed by atoms with E-state index in [1.54, 1.807) is 23.9 Å². The monoisotopic (exact) mass is 688 g/mol. The zero-order chi connectivity index (χ0) is 33.3.